The van der Waals surface area contributed by atoms with E-state index in [0.29, 0.717) is 11.5 Å². The smallest absolute Gasteiger partial charge is 0.260 e. The zero-order valence-corrected chi connectivity index (χ0v) is 12.4. The number of aromatic nitrogens is 2. The number of nitrogens with one attached hydrogen (secondary N) is 2. The third-order valence-corrected chi connectivity index (χ3v) is 4.63. The molecule has 2 heterocycles. The maximum Gasteiger partial charge on any atom is 0.260 e. The quantitative estimate of drug-likeness (QED) is 0.663. The van der Waals surface area contributed by atoms with Gasteiger partial charge in [-0.25, -0.2) is 18.1 Å². The summed E-state index contributed by atoms with van der Waals surface area (Å²) in [5.74, 6) is -0.474. The molecular weight excluding hydrogens is 302 g/mol. The molecule has 8 nitrogen and oxygen atoms in total. The van der Waals surface area contributed by atoms with E-state index in [9.17, 15) is 13.2 Å². The van der Waals surface area contributed by atoms with Gasteiger partial charge in [-0.3, -0.25) is 9.20 Å². The lowest BCUT2D eigenvalue weighted by molar-refractivity contribution is -0.116. The van der Waals surface area contributed by atoms with E-state index >= 15 is 0 Å². The molecular formula is C10H15N5O3S2. The fourth-order valence-electron chi connectivity index (χ4n) is 1.61. The second-order valence-corrected chi connectivity index (χ2v) is 6.59. The molecule has 0 fully saturated rings. The van der Waals surface area contributed by atoms with E-state index in [1.54, 1.807) is 11.6 Å². The van der Waals surface area contributed by atoms with Gasteiger partial charge < -0.3 is 11.1 Å². The molecule has 0 spiro atoms. The van der Waals surface area contributed by atoms with Crippen LogP contribution < -0.4 is 15.8 Å². The number of hydrogen-bond donors (Lipinski definition) is 3. The summed E-state index contributed by atoms with van der Waals surface area (Å²) in [6.07, 6.45) is 2.45. The Hall–Kier alpha value is -1.65. The standard InChI is InChI=1S/C10H15N5O3S2/c1-2-3-12-8-9(15-4-5-19-10(15)14-8)20(17,18)13-6-7(11)16/h4-5,12-13H,2-3,6H2,1H3,(H2,11,16). The molecule has 0 unspecified atom stereocenters. The lowest BCUT2D eigenvalue weighted by Gasteiger charge is -2.07. The van der Waals surface area contributed by atoms with Crippen LogP contribution in [0.4, 0.5) is 5.82 Å². The Balaban J connectivity index is 2.43. The Morgan fingerprint density at radius 2 is 2.30 bits per heavy atom. The fraction of sp³-hybridized carbons (Fsp3) is 0.400. The van der Waals surface area contributed by atoms with Gasteiger partial charge >= 0.3 is 0 Å². The number of anilines is 1. The number of imidazole rings is 1. The predicted octanol–water partition coefficient (Wildman–Crippen LogP) is -0.0187. The molecule has 2 aromatic rings. The monoisotopic (exact) mass is 317 g/mol. The van der Waals surface area contributed by atoms with Crippen molar-refractivity contribution >= 4 is 38.0 Å². The van der Waals surface area contributed by atoms with Crippen molar-refractivity contribution in [1.82, 2.24) is 14.1 Å². The molecule has 0 saturated carbocycles. The van der Waals surface area contributed by atoms with Crippen molar-refractivity contribution in [2.45, 2.75) is 18.4 Å². The van der Waals surface area contributed by atoms with Crippen molar-refractivity contribution in [3.63, 3.8) is 0 Å². The highest BCUT2D eigenvalue weighted by Gasteiger charge is 2.25. The van der Waals surface area contributed by atoms with Gasteiger partial charge in [0.25, 0.3) is 10.0 Å². The van der Waals surface area contributed by atoms with Crippen molar-refractivity contribution in [3.05, 3.63) is 11.6 Å². The highest BCUT2D eigenvalue weighted by molar-refractivity contribution is 7.89. The fourth-order valence-corrected chi connectivity index (χ4v) is 3.63. The van der Waals surface area contributed by atoms with Crippen molar-refractivity contribution in [1.29, 1.82) is 0 Å². The molecule has 10 heteroatoms. The third kappa shape index (κ3) is 2.92. The van der Waals surface area contributed by atoms with Gasteiger partial charge in [0.15, 0.2) is 15.8 Å². The summed E-state index contributed by atoms with van der Waals surface area (Å²) in [6, 6.07) is 0. The van der Waals surface area contributed by atoms with Gasteiger partial charge in [-0.15, -0.1) is 11.3 Å². The first-order chi connectivity index (χ1) is 9.45. The van der Waals surface area contributed by atoms with E-state index in [4.69, 9.17) is 5.73 Å². The number of nitrogens with two attached hydrogens (primary N) is 1. The number of carbonyl (C=O) groups excluding carboxylic acids is 1. The van der Waals surface area contributed by atoms with Crippen LogP contribution in [0, 0.1) is 0 Å². The van der Waals surface area contributed by atoms with Gasteiger partial charge in [0.05, 0.1) is 6.54 Å². The van der Waals surface area contributed by atoms with Gasteiger partial charge in [0.2, 0.25) is 5.91 Å². The Bertz CT molecular complexity index is 718. The number of hydrogen-bond acceptors (Lipinski definition) is 6. The molecule has 0 bridgehead atoms. The number of carbonyl (C=O) groups is 1. The van der Waals surface area contributed by atoms with Crippen LogP contribution in [0.2, 0.25) is 0 Å². The topological polar surface area (TPSA) is 119 Å². The van der Waals surface area contributed by atoms with E-state index in [1.807, 2.05) is 6.92 Å². The zero-order valence-electron chi connectivity index (χ0n) is 10.8. The van der Waals surface area contributed by atoms with Gasteiger partial charge in [0.1, 0.15) is 0 Å². The van der Waals surface area contributed by atoms with E-state index in [0.717, 1.165) is 6.42 Å². The predicted molar refractivity (Wildman–Crippen MR) is 76.2 cm³/mol. The lowest BCUT2D eigenvalue weighted by atomic mass is 10.5. The second-order valence-electron chi connectivity index (χ2n) is 4.04. The van der Waals surface area contributed by atoms with Gasteiger partial charge in [-0.05, 0) is 6.42 Å². The number of sulfonamides is 1. The van der Waals surface area contributed by atoms with E-state index in [-0.39, 0.29) is 10.8 Å². The first-order valence-corrected chi connectivity index (χ1v) is 8.29. The number of amides is 1. The highest BCUT2D eigenvalue weighted by atomic mass is 32.2. The number of thiazole rings is 1. The number of rotatable bonds is 7. The third-order valence-electron chi connectivity index (χ3n) is 2.45. The van der Waals surface area contributed by atoms with Crippen LogP contribution in [-0.2, 0) is 14.8 Å². The molecule has 4 N–H and O–H groups in total. The van der Waals surface area contributed by atoms with Gasteiger partial charge in [-0.1, -0.05) is 6.92 Å². The summed E-state index contributed by atoms with van der Waals surface area (Å²) < 4.78 is 28.2. The zero-order chi connectivity index (χ0) is 14.8. The van der Waals surface area contributed by atoms with Crippen LogP contribution in [0.1, 0.15) is 13.3 Å². The second kappa shape index (κ2) is 5.77. The normalized spacial score (nSPS) is 11.8. The number of nitrogens with zero attached hydrogens (tertiary/aromatic N) is 2. The average Bonchev–Trinajstić information content (AvgIpc) is 2.93. The molecule has 20 heavy (non-hydrogen) atoms. The first-order valence-electron chi connectivity index (χ1n) is 5.93. The summed E-state index contributed by atoms with van der Waals surface area (Å²) in [5, 5.41) is 4.70. The molecule has 110 valence electrons. The Morgan fingerprint density at radius 1 is 1.55 bits per heavy atom. The molecule has 0 aliphatic carbocycles. The van der Waals surface area contributed by atoms with Crippen LogP contribution in [0.5, 0.6) is 0 Å². The SMILES string of the molecule is CCCNc1nc2sccn2c1S(=O)(=O)NCC(N)=O. The molecule has 0 aliphatic heterocycles. The largest absolute Gasteiger partial charge is 0.369 e. The van der Waals surface area contributed by atoms with Crippen molar-refractivity contribution in [2.24, 2.45) is 5.73 Å². The minimum absolute atomic E-state index is 0.0107. The van der Waals surface area contributed by atoms with E-state index in [2.05, 4.69) is 15.0 Å². The summed E-state index contributed by atoms with van der Waals surface area (Å²) >= 11 is 1.32. The van der Waals surface area contributed by atoms with Crippen molar-refractivity contribution in [3.8, 4) is 0 Å². The summed E-state index contributed by atoms with van der Waals surface area (Å²) in [5.41, 5.74) is 4.96. The van der Waals surface area contributed by atoms with E-state index in [1.165, 1.54) is 15.7 Å². The lowest BCUT2D eigenvalue weighted by Crippen LogP contribution is -2.34. The van der Waals surface area contributed by atoms with Crippen LogP contribution in [-0.4, -0.2) is 36.8 Å². The molecule has 0 atom stereocenters. The molecule has 0 saturated heterocycles. The Kier molecular flexibility index (Phi) is 4.26. The van der Waals surface area contributed by atoms with Crippen molar-refractivity contribution < 1.29 is 13.2 Å². The van der Waals surface area contributed by atoms with Gasteiger partial charge in [-0.2, -0.15) is 0 Å². The molecule has 0 radical (unpaired) electrons. The molecule has 1 amide bonds. The maximum atomic E-state index is 12.3. The van der Waals surface area contributed by atoms with E-state index < -0.39 is 22.5 Å². The summed E-state index contributed by atoms with van der Waals surface area (Å²) in [7, 11) is -3.88. The maximum absolute atomic E-state index is 12.3. The van der Waals surface area contributed by atoms with Gasteiger partial charge in [0, 0.05) is 18.1 Å². The van der Waals surface area contributed by atoms with Crippen LogP contribution in [0.15, 0.2) is 16.6 Å². The Labute approximate surface area is 120 Å². The summed E-state index contributed by atoms with van der Waals surface area (Å²) in [4.78, 5) is 15.5. The highest BCUT2D eigenvalue weighted by Crippen LogP contribution is 2.25. The number of fused-ring (bicyclic) bond motifs is 1. The first kappa shape index (κ1) is 14.8. The minimum Gasteiger partial charge on any atom is -0.369 e. The average molecular weight is 317 g/mol. The molecule has 2 rings (SSSR count). The van der Waals surface area contributed by atoms with Crippen LogP contribution in [0.3, 0.4) is 0 Å². The number of primary amides is 1. The Morgan fingerprint density at radius 3 is 2.95 bits per heavy atom. The van der Waals surface area contributed by atoms with Crippen LogP contribution in [0.25, 0.3) is 4.96 Å². The molecule has 0 aliphatic rings. The molecule has 0 aromatic carbocycles. The minimum atomic E-state index is -3.88. The van der Waals surface area contributed by atoms with Crippen molar-refractivity contribution in [2.75, 3.05) is 18.4 Å². The summed E-state index contributed by atoms with van der Waals surface area (Å²) in [6.45, 7) is 2.11. The van der Waals surface area contributed by atoms with Crippen LogP contribution >= 0.6 is 11.3 Å². The molecule has 2 aromatic heterocycles.